The van der Waals surface area contributed by atoms with Crippen LogP contribution < -0.4 is 5.32 Å². The van der Waals surface area contributed by atoms with E-state index in [1.165, 1.54) is 64.5 Å². The topological polar surface area (TPSA) is 15.3 Å². The molecule has 0 saturated heterocycles. The van der Waals surface area contributed by atoms with Crippen LogP contribution in [0.25, 0.3) is 0 Å². The molecule has 2 fully saturated rings. The van der Waals surface area contributed by atoms with Crippen molar-refractivity contribution in [2.75, 3.05) is 27.2 Å². The van der Waals surface area contributed by atoms with E-state index in [0.29, 0.717) is 0 Å². The van der Waals surface area contributed by atoms with Crippen molar-refractivity contribution in [3.63, 3.8) is 0 Å². The van der Waals surface area contributed by atoms with Crippen LogP contribution in [0.1, 0.15) is 51.4 Å². The second-order valence-corrected chi connectivity index (χ2v) is 6.43. The Bertz CT molecular complexity index is 215. The average Bonchev–Trinajstić information content (AvgIpc) is 2.34. The van der Waals surface area contributed by atoms with Gasteiger partial charge in [-0.3, -0.25) is 0 Å². The molecular formula is C15H30N2. The third-order valence-electron chi connectivity index (χ3n) is 4.75. The molecule has 100 valence electrons. The van der Waals surface area contributed by atoms with Crippen LogP contribution in [0, 0.1) is 11.8 Å². The minimum atomic E-state index is 0.830. The number of hydrogen-bond donors (Lipinski definition) is 1. The normalized spacial score (nSPS) is 33.7. The first-order chi connectivity index (χ1) is 8.25. The van der Waals surface area contributed by atoms with E-state index in [1.807, 2.05) is 0 Å². The van der Waals surface area contributed by atoms with Crippen LogP contribution >= 0.6 is 0 Å². The smallest absolute Gasteiger partial charge is 0.00699 e. The lowest BCUT2D eigenvalue weighted by molar-refractivity contribution is 0.143. The Morgan fingerprint density at radius 1 is 1.00 bits per heavy atom. The number of rotatable bonds is 5. The van der Waals surface area contributed by atoms with E-state index in [2.05, 4.69) is 24.3 Å². The van der Waals surface area contributed by atoms with E-state index in [1.54, 1.807) is 0 Å². The van der Waals surface area contributed by atoms with Crippen LogP contribution in [0.5, 0.6) is 0 Å². The summed E-state index contributed by atoms with van der Waals surface area (Å²) in [4.78, 5) is 2.28. The van der Waals surface area contributed by atoms with Crippen molar-refractivity contribution in [1.29, 1.82) is 0 Å². The van der Waals surface area contributed by atoms with Gasteiger partial charge in [0.05, 0.1) is 0 Å². The molecule has 3 atom stereocenters. The van der Waals surface area contributed by atoms with Crippen LogP contribution in [0.15, 0.2) is 0 Å². The third kappa shape index (κ3) is 4.26. The molecule has 1 N–H and O–H groups in total. The summed E-state index contributed by atoms with van der Waals surface area (Å²) in [6, 6.07) is 0.830. The van der Waals surface area contributed by atoms with Gasteiger partial charge in [-0.2, -0.15) is 0 Å². The maximum Gasteiger partial charge on any atom is 0.00699 e. The van der Waals surface area contributed by atoms with E-state index in [-0.39, 0.29) is 0 Å². The van der Waals surface area contributed by atoms with Gasteiger partial charge < -0.3 is 10.2 Å². The molecule has 2 saturated carbocycles. The second kappa shape index (κ2) is 6.75. The van der Waals surface area contributed by atoms with Gasteiger partial charge in [-0.05, 0) is 64.7 Å². The summed E-state index contributed by atoms with van der Waals surface area (Å²) in [5, 5.41) is 3.78. The Morgan fingerprint density at radius 3 is 2.53 bits per heavy atom. The van der Waals surface area contributed by atoms with E-state index in [9.17, 15) is 0 Å². The molecule has 0 aromatic carbocycles. The molecule has 2 heteroatoms. The molecule has 0 spiro atoms. The predicted molar refractivity (Wildman–Crippen MR) is 74.3 cm³/mol. The summed E-state index contributed by atoms with van der Waals surface area (Å²) in [6.07, 6.45) is 11.7. The highest BCUT2D eigenvalue weighted by Crippen LogP contribution is 2.40. The van der Waals surface area contributed by atoms with Crippen LogP contribution in [0.2, 0.25) is 0 Å². The van der Waals surface area contributed by atoms with Gasteiger partial charge in [-0.15, -0.1) is 0 Å². The molecule has 0 amide bonds. The zero-order chi connectivity index (χ0) is 12.1. The highest BCUT2D eigenvalue weighted by molar-refractivity contribution is 4.86. The van der Waals surface area contributed by atoms with E-state index in [4.69, 9.17) is 0 Å². The monoisotopic (exact) mass is 238 g/mol. The Morgan fingerprint density at radius 2 is 1.76 bits per heavy atom. The Kier molecular flexibility index (Phi) is 5.30. The molecule has 0 heterocycles. The summed E-state index contributed by atoms with van der Waals surface area (Å²) in [5.41, 5.74) is 0. The molecule has 2 rings (SSSR count). The largest absolute Gasteiger partial charge is 0.314 e. The number of nitrogens with zero attached hydrogens (tertiary/aromatic N) is 1. The predicted octanol–water partition coefficient (Wildman–Crippen LogP) is 2.89. The van der Waals surface area contributed by atoms with Crippen molar-refractivity contribution in [3.05, 3.63) is 0 Å². The summed E-state index contributed by atoms with van der Waals surface area (Å²) in [7, 11) is 4.32. The van der Waals surface area contributed by atoms with Gasteiger partial charge in [-0.1, -0.05) is 25.7 Å². The third-order valence-corrected chi connectivity index (χ3v) is 4.75. The zero-order valence-corrected chi connectivity index (χ0v) is 11.8. The van der Waals surface area contributed by atoms with Gasteiger partial charge in [0.2, 0.25) is 0 Å². The van der Waals surface area contributed by atoms with Crippen molar-refractivity contribution in [2.45, 2.75) is 57.4 Å². The SMILES string of the molecule is CN(C)CCCNC1CCC2CCCCC2C1. The molecular weight excluding hydrogens is 208 g/mol. The van der Waals surface area contributed by atoms with Crippen LogP contribution in [-0.4, -0.2) is 38.1 Å². The molecule has 0 bridgehead atoms. The molecule has 0 aromatic rings. The highest BCUT2D eigenvalue weighted by Gasteiger charge is 2.31. The van der Waals surface area contributed by atoms with Gasteiger partial charge >= 0.3 is 0 Å². The van der Waals surface area contributed by atoms with Crippen molar-refractivity contribution in [3.8, 4) is 0 Å². The molecule has 0 aromatic heterocycles. The van der Waals surface area contributed by atoms with Crippen molar-refractivity contribution >= 4 is 0 Å². The maximum absolute atomic E-state index is 3.78. The van der Waals surface area contributed by atoms with E-state index < -0.39 is 0 Å². The number of fused-ring (bicyclic) bond motifs is 1. The zero-order valence-electron chi connectivity index (χ0n) is 11.8. The molecule has 2 aliphatic carbocycles. The molecule has 2 nitrogen and oxygen atoms in total. The second-order valence-electron chi connectivity index (χ2n) is 6.43. The van der Waals surface area contributed by atoms with Gasteiger partial charge in [0.1, 0.15) is 0 Å². The van der Waals surface area contributed by atoms with Crippen molar-refractivity contribution in [2.24, 2.45) is 11.8 Å². The Hall–Kier alpha value is -0.0800. The lowest BCUT2D eigenvalue weighted by Crippen LogP contribution is -2.39. The van der Waals surface area contributed by atoms with Crippen LogP contribution in [0.4, 0.5) is 0 Å². The minimum absolute atomic E-state index is 0.830. The van der Waals surface area contributed by atoms with E-state index >= 15 is 0 Å². The van der Waals surface area contributed by atoms with Crippen molar-refractivity contribution < 1.29 is 0 Å². The molecule has 3 unspecified atom stereocenters. The summed E-state index contributed by atoms with van der Waals surface area (Å²) >= 11 is 0. The van der Waals surface area contributed by atoms with Gasteiger partial charge in [0, 0.05) is 6.04 Å². The number of nitrogens with one attached hydrogen (secondary N) is 1. The summed E-state index contributed by atoms with van der Waals surface area (Å²) in [5.74, 6) is 2.15. The summed E-state index contributed by atoms with van der Waals surface area (Å²) in [6.45, 7) is 2.42. The fourth-order valence-electron chi connectivity index (χ4n) is 3.76. The maximum atomic E-state index is 3.78. The highest BCUT2D eigenvalue weighted by atomic mass is 15.1. The van der Waals surface area contributed by atoms with Gasteiger partial charge in [-0.25, -0.2) is 0 Å². The van der Waals surface area contributed by atoms with Crippen LogP contribution in [-0.2, 0) is 0 Å². The number of hydrogen-bond acceptors (Lipinski definition) is 2. The molecule has 17 heavy (non-hydrogen) atoms. The molecule has 0 radical (unpaired) electrons. The fourth-order valence-corrected chi connectivity index (χ4v) is 3.76. The van der Waals surface area contributed by atoms with Gasteiger partial charge in [0.25, 0.3) is 0 Å². The molecule has 0 aliphatic heterocycles. The summed E-state index contributed by atoms with van der Waals surface area (Å²) < 4.78 is 0. The Labute approximate surface area is 107 Å². The first-order valence-electron chi connectivity index (χ1n) is 7.64. The standard InChI is InChI=1S/C15H30N2/c1-17(2)11-5-10-16-15-9-8-13-6-3-4-7-14(13)12-15/h13-16H,3-12H2,1-2H3. The van der Waals surface area contributed by atoms with Crippen molar-refractivity contribution in [1.82, 2.24) is 10.2 Å². The van der Waals surface area contributed by atoms with Gasteiger partial charge in [0.15, 0.2) is 0 Å². The quantitative estimate of drug-likeness (QED) is 0.741. The molecule has 2 aliphatic rings. The lowest BCUT2D eigenvalue weighted by Gasteiger charge is -2.39. The van der Waals surface area contributed by atoms with Crippen LogP contribution in [0.3, 0.4) is 0 Å². The lowest BCUT2D eigenvalue weighted by atomic mass is 9.69. The fraction of sp³-hybridized carbons (Fsp3) is 1.00. The first kappa shape index (κ1) is 13.4. The Balaban J connectivity index is 1.62. The first-order valence-corrected chi connectivity index (χ1v) is 7.64. The van der Waals surface area contributed by atoms with E-state index in [0.717, 1.165) is 17.9 Å². The average molecular weight is 238 g/mol. The minimum Gasteiger partial charge on any atom is -0.314 e.